The normalized spacial score (nSPS) is 10.7. The van der Waals surface area contributed by atoms with Gasteiger partial charge >= 0.3 is 5.97 Å². The van der Waals surface area contributed by atoms with Crippen LogP contribution >= 0.6 is 22.7 Å². The third-order valence-electron chi connectivity index (χ3n) is 2.89. The highest BCUT2D eigenvalue weighted by Gasteiger charge is 2.11. The van der Waals surface area contributed by atoms with Gasteiger partial charge < -0.3 is 10.4 Å². The van der Waals surface area contributed by atoms with Gasteiger partial charge in [0.05, 0.1) is 6.54 Å². The van der Waals surface area contributed by atoms with Crippen LogP contribution in [0.5, 0.6) is 0 Å². The lowest BCUT2D eigenvalue weighted by molar-refractivity contribution is 0.0691. The number of carboxylic acids is 1. The van der Waals surface area contributed by atoms with Crippen molar-refractivity contribution in [3.63, 3.8) is 0 Å². The van der Waals surface area contributed by atoms with Crippen LogP contribution in [0.4, 0.5) is 0 Å². The van der Waals surface area contributed by atoms with E-state index < -0.39 is 5.97 Å². The molecule has 0 radical (unpaired) electrons. The second kappa shape index (κ2) is 5.63. The molecule has 2 N–H and O–H groups in total. The molecule has 21 heavy (non-hydrogen) atoms. The molecular weight excluding hydrogens is 308 g/mol. The van der Waals surface area contributed by atoms with Crippen LogP contribution in [0.25, 0.3) is 10.1 Å². The number of nitrogens with zero attached hydrogens (tertiary/aromatic N) is 1. The quantitative estimate of drug-likeness (QED) is 0.775. The maximum atomic E-state index is 12.1. The summed E-state index contributed by atoms with van der Waals surface area (Å²) in [6, 6.07) is 7.50. The molecule has 3 aromatic rings. The molecule has 0 bridgehead atoms. The molecule has 0 saturated carbocycles. The van der Waals surface area contributed by atoms with Crippen molar-refractivity contribution < 1.29 is 14.7 Å². The van der Waals surface area contributed by atoms with E-state index >= 15 is 0 Å². The molecule has 3 rings (SSSR count). The Bertz CT molecular complexity index is 822. The van der Waals surface area contributed by atoms with Crippen LogP contribution in [0.1, 0.15) is 25.9 Å². The molecule has 106 valence electrons. The first-order valence-corrected chi connectivity index (χ1v) is 7.82. The van der Waals surface area contributed by atoms with Gasteiger partial charge in [-0.15, -0.1) is 22.7 Å². The number of thiophene rings is 1. The molecule has 0 aliphatic carbocycles. The summed E-state index contributed by atoms with van der Waals surface area (Å²) in [7, 11) is 0. The zero-order valence-corrected chi connectivity index (χ0v) is 12.3. The van der Waals surface area contributed by atoms with Gasteiger partial charge in [-0.05, 0) is 35.0 Å². The van der Waals surface area contributed by atoms with Gasteiger partial charge in [0.2, 0.25) is 0 Å². The Balaban J connectivity index is 1.69. The summed E-state index contributed by atoms with van der Waals surface area (Å²) in [5.74, 6) is -1.26. The lowest BCUT2D eigenvalue weighted by Gasteiger charge is -2.03. The maximum Gasteiger partial charge on any atom is 0.355 e. The van der Waals surface area contributed by atoms with Gasteiger partial charge in [-0.2, -0.15) is 0 Å². The van der Waals surface area contributed by atoms with Crippen molar-refractivity contribution in [2.45, 2.75) is 6.54 Å². The van der Waals surface area contributed by atoms with Crippen molar-refractivity contribution in [2.24, 2.45) is 0 Å². The molecule has 5 nitrogen and oxygen atoms in total. The number of thiazole rings is 1. The molecule has 2 aromatic heterocycles. The van der Waals surface area contributed by atoms with Gasteiger partial charge in [-0.3, -0.25) is 4.79 Å². The number of hydrogen-bond donors (Lipinski definition) is 2. The second-order valence-corrected chi connectivity index (χ2v) is 6.18. The highest BCUT2D eigenvalue weighted by atomic mass is 32.1. The topological polar surface area (TPSA) is 79.3 Å². The molecule has 1 aromatic carbocycles. The van der Waals surface area contributed by atoms with E-state index in [1.54, 1.807) is 17.4 Å². The number of amides is 1. The lowest BCUT2D eigenvalue weighted by Crippen LogP contribution is -2.22. The Morgan fingerprint density at radius 2 is 2.10 bits per heavy atom. The maximum absolute atomic E-state index is 12.1. The summed E-state index contributed by atoms with van der Waals surface area (Å²) in [6.07, 6.45) is 0. The van der Waals surface area contributed by atoms with Crippen LogP contribution in [0, 0.1) is 0 Å². The highest BCUT2D eigenvalue weighted by Crippen LogP contribution is 2.21. The molecule has 0 atom stereocenters. The molecular formula is C14H10N2O3S2. The molecule has 0 fully saturated rings. The van der Waals surface area contributed by atoms with Crippen LogP contribution in [-0.4, -0.2) is 22.0 Å². The Morgan fingerprint density at radius 3 is 2.86 bits per heavy atom. The molecule has 0 spiro atoms. The fraction of sp³-hybridized carbons (Fsp3) is 0.0714. The summed E-state index contributed by atoms with van der Waals surface area (Å²) in [6.45, 7) is 0.221. The fourth-order valence-electron chi connectivity index (χ4n) is 1.86. The minimum atomic E-state index is -1.06. The SMILES string of the molecule is O=C(NCc1nc(C(=O)O)cs1)c1ccc2sccc2c1. The van der Waals surface area contributed by atoms with E-state index in [0.717, 1.165) is 10.1 Å². The van der Waals surface area contributed by atoms with Crippen LogP contribution in [0.2, 0.25) is 0 Å². The minimum Gasteiger partial charge on any atom is -0.476 e. The average Bonchev–Trinajstić information content (AvgIpc) is 3.12. The predicted molar refractivity (Wildman–Crippen MR) is 82.1 cm³/mol. The fourth-order valence-corrected chi connectivity index (χ4v) is 3.33. The van der Waals surface area contributed by atoms with E-state index in [4.69, 9.17) is 5.11 Å². The number of benzene rings is 1. The zero-order valence-electron chi connectivity index (χ0n) is 10.7. The third-order valence-corrected chi connectivity index (χ3v) is 4.63. The van der Waals surface area contributed by atoms with Crippen molar-refractivity contribution in [3.8, 4) is 0 Å². The predicted octanol–water partition coefficient (Wildman–Crippen LogP) is 2.99. The first kappa shape index (κ1) is 13.7. The Labute approximate surface area is 127 Å². The number of carboxylic acid groups (broad SMARTS) is 1. The van der Waals surface area contributed by atoms with E-state index in [-0.39, 0.29) is 18.1 Å². The standard InChI is InChI=1S/C14H10N2O3S2/c17-13(9-1-2-11-8(5-9)3-4-20-11)15-6-12-16-10(7-21-12)14(18)19/h1-5,7H,6H2,(H,15,17)(H,18,19). The summed E-state index contributed by atoms with van der Waals surface area (Å²) in [5.41, 5.74) is 0.583. The third kappa shape index (κ3) is 2.93. The largest absolute Gasteiger partial charge is 0.476 e. The smallest absolute Gasteiger partial charge is 0.355 e. The summed E-state index contributed by atoms with van der Waals surface area (Å²) >= 11 is 2.84. The monoisotopic (exact) mass is 318 g/mol. The molecule has 7 heteroatoms. The first-order chi connectivity index (χ1) is 10.1. The Morgan fingerprint density at radius 1 is 1.24 bits per heavy atom. The van der Waals surface area contributed by atoms with Crippen LogP contribution in [0.3, 0.4) is 0 Å². The molecule has 0 saturated heterocycles. The van der Waals surface area contributed by atoms with Gasteiger partial charge in [0.1, 0.15) is 5.01 Å². The van der Waals surface area contributed by atoms with Crippen molar-refractivity contribution >= 4 is 44.6 Å². The van der Waals surface area contributed by atoms with Crippen LogP contribution in [0.15, 0.2) is 35.0 Å². The number of carbonyl (C=O) groups is 2. The number of aromatic nitrogens is 1. The number of carbonyl (C=O) groups excluding carboxylic acids is 1. The highest BCUT2D eigenvalue weighted by molar-refractivity contribution is 7.17. The van der Waals surface area contributed by atoms with Gasteiger partial charge in [-0.25, -0.2) is 9.78 Å². The first-order valence-electron chi connectivity index (χ1n) is 6.06. The minimum absolute atomic E-state index is 0.00365. The number of nitrogens with one attached hydrogen (secondary N) is 1. The second-order valence-electron chi connectivity index (χ2n) is 4.29. The van der Waals surface area contributed by atoms with Gasteiger partial charge in [0, 0.05) is 15.6 Å². The molecule has 2 heterocycles. The lowest BCUT2D eigenvalue weighted by atomic mass is 10.1. The number of fused-ring (bicyclic) bond motifs is 1. The molecule has 0 unspecified atom stereocenters. The molecule has 0 aliphatic rings. The van der Waals surface area contributed by atoms with Gasteiger partial charge in [-0.1, -0.05) is 0 Å². The van der Waals surface area contributed by atoms with Crippen molar-refractivity contribution in [1.82, 2.24) is 10.3 Å². The Hall–Kier alpha value is -2.25. The average molecular weight is 318 g/mol. The molecule has 1 amide bonds. The zero-order chi connectivity index (χ0) is 14.8. The van der Waals surface area contributed by atoms with Crippen molar-refractivity contribution in [3.05, 3.63) is 51.3 Å². The van der Waals surface area contributed by atoms with Crippen molar-refractivity contribution in [1.29, 1.82) is 0 Å². The number of hydrogen-bond acceptors (Lipinski definition) is 5. The summed E-state index contributed by atoms with van der Waals surface area (Å²) in [5, 5.41) is 16.6. The van der Waals surface area contributed by atoms with E-state index in [1.165, 1.54) is 16.7 Å². The molecule has 0 aliphatic heterocycles. The van der Waals surface area contributed by atoms with Crippen LogP contribution < -0.4 is 5.32 Å². The number of aromatic carboxylic acids is 1. The van der Waals surface area contributed by atoms with Gasteiger partial charge in [0.15, 0.2) is 5.69 Å². The Kier molecular flexibility index (Phi) is 3.68. The van der Waals surface area contributed by atoms with Gasteiger partial charge in [0.25, 0.3) is 5.91 Å². The van der Waals surface area contributed by atoms with E-state index in [1.807, 2.05) is 23.6 Å². The number of rotatable bonds is 4. The van der Waals surface area contributed by atoms with Crippen LogP contribution in [-0.2, 0) is 6.54 Å². The summed E-state index contributed by atoms with van der Waals surface area (Å²) in [4.78, 5) is 26.7. The van der Waals surface area contributed by atoms with E-state index in [0.29, 0.717) is 10.6 Å². The summed E-state index contributed by atoms with van der Waals surface area (Å²) < 4.78 is 1.14. The van der Waals surface area contributed by atoms with E-state index in [2.05, 4.69) is 10.3 Å². The van der Waals surface area contributed by atoms with E-state index in [9.17, 15) is 9.59 Å². The van der Waals surface area contributed by atoms with Crippen molar-refractivity contribution in [2.75, 3.05) is 0 Å².